The fourth-order valence-corrected chi connectivity index (χ4v) is 4.07. The molecule has 4 heterocycles. The topological polar surface area (TPSA) is 103 Å². The van der Waals surface area contributed by atoms with E-state index in [-0.39, 0.29) is 5.91 Å². The zero-order valence-electron chi connectivity index (χ0n) is 18.9. The van der Waals surface area contributed by atoms with Crippen LogP contribution < -0.4 is 10.1 Å². The van der Waals surface area contributed by atoms with E-state index in [9.17, 15) is 4.79 Å². The molecule has 0 spiro atoms. The number of aryl methyl sites for hydroxylation is 2. The zero-order chi connectivity index (χ0) is 23.1. The molecule has 3 aromatic heterocycles. The Kier molecular flexibility index (Phi) is 5.04. The molecule has 0 unspecified atom stereocenters. The van der Waals surface area contributed by atoms with Crippen LogP contribution in [0, 0.1) is 0 Å². The Morgan fingerprint density at radius 2 is 1.91 bits per heavy atom. The van der Waals surface area contributed by atoms with Gasteiger partial charge in [0.1, 0.15) is 6.33 Å². The van der Waals surface area contributed by atoms with Crippen molar-refractivity contribution in [2.45, 2.75) is 13.0 Å². The average Bonchev–Trinajstić information content (AvgIpc) is 3.47. The molecule has 0 bridgehead atoms. The lowest BCUT2D eigenvalue weighted by Crippen LogP contribution is -2.18. The van der Waals surface area contributed by atoms with Gasteiger partial charge in [-0.3, -0.25) is 19.1 Å². The molecule has 168 valence electrons. The number of carbonyl (C=O) groups is 1. The summed E-state index contributed by atoms with van der Waals surface area (Å²) in [6.45, 7) is 0.466. The Bertz CT molecular complexity index is 1360. The summed E-state index contributed by atoms with van der Waals surface area (Å²) >= 11 is 0. The van der Waals surface area contributed by atoms with Gasteiger partial charge in [0, 0.05) is 39.5 Å². The Morgan fingerprint density at radius 3 is 2.61 bits per heavy atom. The van der Waals surface area contributed by atoms with Crippen LogP contribution in [-0.2, 0) is 27.1 Å². The first-order chi connectivity index (χ1) is 15.9. The van der Waals surface area contributed by atoms with Gasteiger partial charge in [-0.15, -0.1) is 0 Å². The van der Waals surface area contributed by atoms with E-state index in [0.717, 1.165) is 22.6 Å². The Balaban J connectivity index is 1.57. The first-order valence-corrected chi connectivity index (χ1v) is 10.5. The number of para-hydroxylation sites is 1. The molecule has 1 N–H and O–H groups in total. The number of carbonyl (C=O) groups excluding carboxylic acids is 1. The molecule has 1 aliphatic rings. The van der Waals surface area contributed by atoms with E-state index in [1.807, 2.05) is 50.6 Å². The number of rotatable bonds is 6. The second-order valence-corrected chi connectivity index (χ2v) is 8.05. The van der Waals surface area contributed by atoms with Gasteiger partial charge in [-0.2, -0.15) is 10.2 Å². The van der Waals surface area contributed by atoms with Crippen molar-refractivity contribution in [3.63, 3.8) is 0 Å². The van der Waals surface area contributed by atoms with Gasteiger partial charge in [-0.25, -0.2) is 4.98 Å². The Labute approximate surface area is 190 Å². The van der Waals surface area contributed by atoms with Gasteiger partial charge in [0.15, 0.2) is 11.6 Å². The second-order valence-electron chi connectivity index (χ2n) is 8.05. The van der Waals surface area contributed by atoms with Crippen molar-refractivity contribution < 1.29 is 9.53 Å². The van der Waals surface area contributed by atoms with Gasteiger partial charge in [0.25, 0.3) is 5.91 Å². The molecule has 5 rings (SSSR count). The lowest BCUT2D eigenvalue weighted by Gasteiger charge is -2.16. The number of hydrogen-bond acceptors (Lipinski definition) is 7. The fraction of sp³-hybridized carbons (Fsp3) is 0.261. The number of anilines is 2. The molecule has 0 saturated carbocycles. The van der Waals surface area contributed by atoms with Crippen LogP contribution in [0.1, 0.15) is 27.4 Å². The lowest BCUT2D eigenvalue weighted by molar-refractivity contribution is 0.0817. The number of benzene rings is 1. The number of nitrogens with zero attached hydrogens (tertiary/aromatic N) is 7. The monoisotopic (exact) mass is 444 g/mol. The van der Waals surface area contributed by atoms with Crippen LogP contribution in [0.2, 0.25) is 0 Å². The molecule has 10 heteroatoms. The number of pyridine rings is 1. The minimum absolute atomic E-state index is 0.0640. The normalized spacial score (nSPS) is 12.8. The van der Waals surface area contributed by atoms with Crippen LogP contribution in [0.15, 0.2) is 42.9 Å². The van der Waals surface area contributed by atoms with Gasteiger partial charge in [0.05, 0.1) is 47.5 Å². The van der Waals surface area contributed by atoms with E-state index in [1.165, 1.54) is 0 Å². The number of ether oxygens (including phenoxy) is 1. The number of nitrogens with one attached hydrogen (secondary N) is 1. The number of aromatic nitrogens is 6. The number of hydrogen-bond donors (Lipinski definition) is 1. The third kappa shape index (κ3) is 3.79. The van der Waals surface area contributed by atoms with Crippen LogP contribution in [0.5, 0.6) is 5.75 Å². The highest BCUT2D eigenvalue weighted by Gasteiger charge is 2.30. The van der Waals surface area contributed by atoms with Crippen molar-refractivity contribution in [2.24, 2.45) is 14.1 Å². The summed E-state index contributed by atoms with van der Waals surface area (Å²) in [7, 11) is 7.09. The van der Waals surface area contributed by atoms with E-state index < -0.39 is 0 Å². The Morgan fingerprint density at radius 1 is 1.06 bits per heavy atom. The van der Waals surface area contributed by atoms with E-state index in [2.05, 4.69) is 20.5 Å². The van der Waals surface area contributed by atoms with E-state index >= 15 is 0 Å². The largest absolute Gasteiger partial charge is 0.494 e. The van der Waals surface area contributed by atoms with Gasteiger partial charge in [-0.05, 0) is 24.3 Å². The third-order valence-corrected chi connectivity index (χ3v) is 5.55. The van der Waals surface area contributed by atoms with Gasteiger partial charge in [-0.1, -0.05) is 6.07 Å². The standard InChI is InChI=1S/C23H24N8O2/c1-29-12-19-20(23(29)32)18(11-15(25-19)10-14-8-9-30(2)27-14)26-17-7-5-6-16(21(17)33-4)22-24-13-31(3)28-22/h5-9,11,13H,10,12H2,1-4H3,(H,25,26). The van der Waals surface area contributed by atoms with Crippen molar-refractivity contribution in [3.05, 3.63) is 65.5 Å². The maximum atomic E-state index is 12.9. The van der Waals surface area contributed by atoms with E-state index in [1.54, 1.807) is 34.7 Å². The number of methoxy groups -OCH3 is 1. The predicted molar refractivity (Wildman–Crippen MR) is 122 cm³/mol. The van der Waals surface area contributed by atoms with E-state index in [0.29, 0.717) is 41.5 Å². The van der Waals surface area contributed by atoms with Crippen molar-refractivity contribution in [3.8, 4) is 17.1 Å². The summed E-state index contributed by atoms with van der Waals surface area (Å²) in [5.41, 5.74) is 5.22. The minimum Gasteiger partial charge on any atom is -0.494 e. The number of fused-ring (bicyclic) bond motifs is 1. The highest BCUT2D eigenvalue weighted by molar-refractivity contribution is 6.03. The van der Waals surface area contributed by atoms with Crippen molar-refractivity contribution >= 4 is 17.3 Å². The first kappa shape index (κ1) is 20.7. The highest BCUT2D eigenvalue weighted by atomic mass is 16.5. The molecule has 1 aromatic carbocycles. The van der Waals surface area contributed by atoms with Gasteiger partial charge < -0.3 is 15.0 Å². The SMILES string of the molecule is COc1c(Nc2cc(Cc3ccn(C)n3)nc3c2C(=O)N(C)C3)cccc1-c1ncn(C)n1. The smallest absolute Gasteiger partial charge is 0.257 e. The summed E-state index contributed by atoms with van der Waals surface area (Å²) in [5, 5.41) is 12.3. The van der Waals surface area contributed by atoms with Crippen LogP contribution in [0.4, 0.5) is 11.4 Å². The van der Waals surface area contributed by atoms with Crippen molar-refractivity contribution in [1.29, 1.82) is 0 Å². The van der Waals surface area contributed by atoms with Crippen LogP contribution in [-0.4, -0.2) is 54.5 Å². The van der Waals surface area contributed by atoms with Crippen molar-refractivity contribution in [1.82, 2.24) is 34.4 Å². The molecule has 0 saturated heterocycles. The van der Waals surface area contributed by atoms with Gasteiger partial charge in [0.2, 0.25) is 0 Å². The zero-order valence-corrected chi connectivity index (χ0v) is 18.9. The molecular formula is C23H24N8O2. The summed E-state index contributed by atoms with van der Waals surface area (Å²) < 4.78 is 9.14. The average molecular weight is 444 g/mol. The quantitative estimate of drug-likeness (QED) is 0.487. The maximum Gasteiger partial charge on any atom is 0.257 e. The molecule has 0 atom stereocenters. The fourth-order valence-electron chi connectivity index (χ4n) is 4.07. The Hall–Kier alpha value is -4.21. The molecule has 10 nitrogen and oxygen atoms in total. The number of amides is 1. The highest BCUT2D eigenvalue weighted by Crippen LogP contribution is 2.38. The molecule has 4 aromatic rings. The molecule has 33 heavy (non-hydrogen) atoms. The summed E-state index contributed by atoms with van der Waals surface area (Å²) in [5.74, 6) is 1.09. The summed E-state index contributed by atoms with van der Waals surface area (Å²) in [6, 6.07) is 9.59. The summed E-state index contributed by atoms with van der Waals surface area (Å²) in [6.07, 6.45) is 4.11. The van der Waals surface area contributed by atoms with Crippen LogP contribution in [0.25, 0.3) is 11.4 Å². The third-order valence-electron chi connectivity index (χ3n) is 5.55. The summed E-state index contributed by atoms with van der Waals surface area (Å²) in [4.78, 5) is 23.7. The predicted octanol–water partition coefficient (Wildman–Crippen LogP) is 2.54. The van der Waals surface area contributed by atoms with Crippen molar-refractivity contribution in [2.75, 3.05) is 19.5 Å². The minimum atomic E-state index is -0.0640. The molecule has 0 aliphatic carbocycles. The van der Waals surface area contributed by atoms with Crippen LogP contribution >= 0.6 is 0 Å². The lowest BCUT2D eigenvalue weighted by atomic mass is 10.1. The van der Waals surface area contributed by atoms with E-state index in [4.69, 9.17) is 9.72 Å². The van der Waals surface area contributed by atoms with Crippen LogP contribution in [0.3, 0.4) is 0 Å². The second kappa shape index (κ2) is 8.05. The van der Waals surface area contributed by atoms with Gasteiger partial charge >= 0.3 is 0 Å². The molecular weight excluding hydrogens is 420 g/mol. The molecule has 1 amide bonds. The molecule has 0 radical (unpaired) electrons. The molecule has 1 aliphatic heterocycles. The first-order valence-electron chi connectivity index (χ1n) is 10.5. The molecule has 0 fully saturated rings. The maximum absolute atomic E-state index is 12.9.